The van der Waals surface area contributed by atoms with Crippen LogP contribution >= 0.6 is 0 Å². The van der Waals surface area contributed by atoms with Crippen LogP contribution in [0.3, 0.4) is 0 Å². The SMILES string of the molecule is CN(C)CCc1ccc(Nc2ccc(S(=O)(=O)Nc3ccccn3)cc2)cc1. The van der Waals surface area contributed by atoms with Crippen LogP contribution in [0.15, 0.2) is 77.8 Å². The summed E-state index contributed by atoms with van der Waals surface area (Å²) in [4.78, 5) is 6.33. The molecule has 0 aliphatic rings. The molecule has 0 aliphatic heterocycles. The Balaban J connectivity index is 1.64. The van der Waals surface area contributed by atoms with Gasteiger partial charge in [-0.05, 0) is 74.6 Å². The summed E-state index contributed by atoms with van der Waals surface area (Å²) < 4.78 is 27.4. The number of nitrogens with zero attached hydrogens (tertiary/aromatic N) is 2. The van der Waals surface area contributed by atoms with E-state index in [9.17, 15) is 8.42 Å². The minimum atomic E-state index is -3.67. The molecule has 0 fully saturated rings. The lowest BCUT2D eigenvalue weighted by Crippen LogP contribution is -2.14. The molecule has 146 valence electrons. The largest absolute Gasteiger partial charge is 0.356 e. The highest BCUT2D eigenvalue weighted by atomic mass is 32.2. The van der Waals surface area contributed by atoms with Crippen molar-refractivity contribution >= 4 is 27.2 Å². The molecule has 6 nitrogen and oxygen atoms in total. The summed E-state index contributed by atoms with van der Waals surface area (Å²) in [5.74, 6) is 0.291. The number of hydrogen-bond donors (Lipinski definition) is 2. The van der Waals surface area contributed by atoms with E-state index in [0.29, 0.717) is 5.82 Å². The Labute approximate surface area is 166 Å². The first-order valence-corrected chi connectivity index (χ1v) is 10.5. The van der Waals surface area contributed by atoms with E-state index in [1.165, 1.54) is 11.8 Å². The summed E-state index contributed by atoms with van der Waals surface area (Å²) in [5.41, 5.74) is 3.05. The molecule has 7 heteroatoms. The summed E-state index contributed by atoms with van der Waals surface area (Å²) in [6, 6.07) is 19.9. The highest BCUT2D eigenvalue weighted by Gasteiger charge is 2.14. The Morgan fingerprint density at radius 2 is 1.54 bits per heavy atom. The Morgan fingerprint density at radius 1 is 0.893 bits per heavy atom. The average Bonchev–Trinajstić information content (AvgIpc) is 2.68. The topological polar surface area (TPSA) is 74.3 Å². The van der Waals surface area contributed by atoms with E-state index in [0.717, 1.165) is 24.3 Å². The second kappa shape index (κ2) is 8.86. The Kier molecular flexibility index (Phi) is 6.28. The lowest BCUT2D eigenvalue weighted by Gasteiger charge is -2.11. The van der Waals surface area contributed by atoms with Crippen LogP contribution in [0, 0.1) is 0 Å². The molecule has 0 amide bonds. The summed E-state index contributed by atoms with van der Waals surface area (Å²) in [6.45, 7) is 1.01. The number of likely N-dealkylation sites (N-methyl/N-ethyl adjacent to an activating group) is 1. The third-order valence-electron chi connectivity index (χ3n) is 4.16. The maximum atomic E-state index is 12.4. The highest BCUT2D eigenvalue weighted by molar-refractivity contribution is 7.92. The van der Waals surface area contributed by atoms with E-state index in [1.807, 2.05) is 12.1 Å². The van der Waals surface area contributed by atoms with E-state index in [-0.39, 0.29) is 4.90 Å². The van der Waals surface area contributed by atoms with Gasteiger partial charge in [0, 0.05) is 24.1 Å². The fourth-order valence-corrected chi connectivity index (χ4v) is 3.62. The van der Waals surface area contributed by atoms with Gasteiger partial charge in [0.25, 0.3) is 10.0 Å². The van der Waals surface area contributed by atoms with Gasteiger partial charge in [0.2, 0.25) is 0 Å². The third kappa shape index (κ3) is 5.55. The van der Waals surface area contributed by atoms with E-state index >= 15 is 0 Å². The van der Waals surface area contributed by atoms with Gasteiger partial charge in [-0.25, -0.2) is 13.4 Å². The molecule has 3 aromatic rings. The molecule has 0 unspecified atom stereocenters. The van der Waals surface area contributed by atoms with Crippen molar-refractivity contribution in [3.8, 4) is 0 Å². The van der Waals surface area contributed by atoms with E-state index in [4.69, 9.17) is 0 Å². The normalized spacial score (nSPS) is 11.4. The summed E-state index contributed by atoms with van der Waals surface area (Å²) in [6.07, 6.45) is 2.54. The van der Waals surface area contributed by atoms with Crippen molar-refractivity contribution < 1.29 is 8.42 Å². The molecular weight excluding hydrogens is 372 g/mol. The van der Waals surface area contributed by atoms with Crippen molar-refractivity contribution in [2.45, 2.75) is 11.3 Å². The van der Waals surface area contributed by atoms with Crippen LogP contribution in [-0.2, 0) is 16.4 Å². The van der Waals surface area contributed by atoms with Gasteiger partial charge in [0.1, 0.15) is 5.82 Å². The number of pyridine rings is 1. The van der Waals surface area contributed by atoms with Crippen LogP contribution in [0.25, 0.3) is 0 Å². The van der Waals surface area contributed by atoms with Gasteiger partial charge in [-0.3, -0.25) is 4.72 Å². The predicted molar refractivity (Wildman–Crippen MR) is 113 cm³/mol. The summed E-state index contributed by atoms with van der Waals surface area (Å²) >= 11 is 0. The number of aromatic nitrogens is 1. The molecule has 2 aromatic carbocycles. The molecule has 1 heterocycles. The molecule has 0 bridgehead atoms. The van der Waals surface area contributed by atoms with Crippen molar-refractivity contribution in [1.82, 2.24) is 9.88 Å². The minimum absolute atomic E-state index is 0.183. The summed E-state index contributed by atoms with van der Waals surface area (Å²) in [7, 11) is 0.456. The van der Waals surface area contributed by atoms with Crippen molar-refractivity contribution in [3.63, 3.8) is 0 Å². The molecule has 0 atom stereocenters. The number of nitrogens with one attached hydrogen (secondary N) is 2. The smallest absolute Gasteiger partial charge is 0.263 e. The molecule has 0 aliphatic carbocycles. The molecule has 0 saturated carbocycles. The van der Waals surface area contributed by atoms with Gasteiger partial charge < -0.3 is 10.2 Å². The quantitative estimate of drug-likeness (QED) is 0.607. The first-order valence-electron chi connectivity index (χ1n) is 8.97. The van der Waals surface area contributed by atoms with Crippen LogP contribution in [0.5, 0.6) is 0 Å². The van der Waals surface area contributed by atoms with Crippen LogP contribution < -0.4 is 10.0 Å². The van der Waals surface area contributed by atoms with Crippen LogP contribution in [0.2, 0.25) is 0 Å². The van der Waals surface area contributed by atoms with E-state index in [2.05, 4.69) is 46.2 Å². The Bertz CT molecular complexity index is 987. The van der Waals surface area contributed by atoms with Gasteiger partial charge >= 0.3 is 0 Å². The second-order valence-electron chi connectivity index (χ2n) is 6.72. The molecule has 28 heavy (non-hydrogen) atoms. The maximum absolute atomic E-state index is 12.4. The van der Waals surface area contributed by atoms with Gasteiger partial charge in [0.15, 0.2) is 0 Å². The third-order valence-corrected chi connectivity index (χ3v) is 5.53. The molecular formula is C21H24N4O2S. The molecule has 0 radical (unpaired) electrons. The van der Waals surface area contributed by atoms with Gasteiger partial charge in [-0.2, -0.15) is 0 Å². The number of rotatable bonds is 8. The highest BCUT2D eigenvalue weighted by Crippen LogP contribution is 2.21. The number of hydrogen-bond acceptors (Lipinski definition) is 5. The Morgan fingerprint density at radius 3 is 2.11 bits per heavy atom. The molecule has 0 spiro atoms. The fourth-order valence-electron chi connectivity index (χ4n) is 2.61. The number of anilines is 3. The first kappa shape index (κ1) is 19.9. The monoisotopic (exact) mass is 396 g/mol. The van der Waals surface area contributed by atoms with Crippen molar-refractivity contribution in [1.29, 1.82) is 0 Å². The lowest BCUT2D eigenvalue weighted by atomic mass is 10.1. The molecule has 0 saturated heterocycles. The molecule has 3 rings (SSSR count). The van der Waals surface area contributed by atoms with Crippen molar-refractivity contribution in [2.75, 3.05) is 30.7 Å². The zero-order valence-electron chi connectivity index (χ0n) is 16.0. The first-order chi connectivity index (χ1) is 13.4. The van der Waals surface area contributed by atoms with Crippen LogP contribution in [0.1, 0.15) is 5.56 Å². The number of benzene rings is 2. The van der Waals surface area contributed by atoms with Crippen molar-refractivity contribution in [2.24, 2.45) is 0 Å². The van der Waals surface area contributed by atoms with Crippen LogP contribution in [0.4, 0.5) is 17.2 Å². The van der Waals surface area contributed by atoms with Crippen LogP contribution in [-0.4, -0.2) is 38.9 Å². The zero-order valence-corrected chi connectivity index (χ0v) is 16.8. The van der Waals surface area contributed by atoms with Crippen molar-refractivity contribution in [3.05, 3.63) is 78.5 Å². The predicted octanol–water partition coefficient (Wildman–Crippen LogP) is 3.73. The molecule has 2 N–H and O–H groups in total. The average molecular weight is 397 g/mol. The second-order valence-corrected chi connectivity index (χ2v) is 8.40. The van der Waals surface area contributed by atoms with E-state index < -0.39 is 10.0 Å². The molecule has 1 aromatic heterocycles. The van der Waals surface area contributed by atoms with Gasteiger partial charge in [-0.15, -0.1) is 0 Å². The zero-order chi connectivity index (χ0) is 20.0. The van der Waals surface area contributed by atoms with E-state index in [1.54, 1.807) is 42.5 Å². The minimum Gasteiger partial charge on any atom is -0.356 e. The Hall–Kier alpha value is -2.90. The number of sulfonamides is 1. The fraction of sp³-hybridized carbons (Fsp3) is 0.190. The lowest BCUT2D eigenvalue weighted by molar-refractivity contribution is 0.413. The maximum Gasteiger partial charge on any atom is 0.263 e. The summed E-state index contributed by atoms with van der Waals surface area (Å²) in [5, 5.41) is 3.29. The van der Waals surface area contributed by atoms with Gasteiger partial charge in [-0.1, -0.05) is 18.2 Å². The standard InChI is InChI=1S/C21H24N4O2S/c1-25(2)16-14-17-6-8-18(9-7-17)23-19-10-12-20(13-11-19)28(26,27)24-21-5-3-4-15-22-21/h3-13,15,23H,14,16H2,1-2H3,(H,22,24). The van der Waals surface area contributed by atoms with Gasteiger partial charge in [0.05, 0.1) is 4.90 Å².